The molecule has 0 saturated heterocycles. The van der Waals surface area contributed by atoms with Gasteiger partial charge in [-0.3, -0.25) is 0 Å². The van der Waals surface area contributed by atoms with Crippen LogP contribution in [-0.2, 0) is 14.9 Å². The quantitative estimate of drug-likeness (QED) is 0.470. The lowest BCUT2D eigenvalue weighted by Crippen LogP contribution is -2.29. The number of fused-ring (bicyclic) bond motifs is 1. The van der Waals surface area contributed by atoms with Crippen molar-refractivity contribution in [3.05, 3.63) is 17.4 Å². The zero-order valence-electron chi connectivity index (χ0n) is 10.7. The molecule has 0 spiro atoms. The number of halogens is 3. The Morgan fingerprint density at radius 1 is 1.36 bits per heavy atom. The van der Waals surface area contributed by atoms with Crippen molar-refractivity contribution >= 4 is 37.6 Å². The molecule has 0 aromatic carbocycles. The fourth-order valence-electron chi connectivity index (χ4n) is 1.39. The lowest BCUT2D eigenvalue weighted by atomic mass is 10.3. The summed E-state index contributed by atoms with van der Waals surface area (Å²) >= 11 is 0.799. The number of ether oxygens (including phenoxy) is 1. The van der Waals surface area contributed by atoms with Gasteiger partial charge in [-0.05, 0) is 6.92 Å². The number of thiazole rings is 1. The molecule has 0 unspecified atom stereocenters. The summed E-state index contributed by atoms with van der Waals surface area (Å²) in [4.78, 5) is 19.1. The number of esters is 1. The van der Waals surface area contributed by atoms with Crippen LogP contribution in [0.1, 0.15) is 17.4 Å². The first-order chi connectivity index (χ1) is 10.2. The third-order valence-electron chi connectivity index (χ3n) is 2.28. The van der Waals surface area contributed by atoms with Crippen LogP contribution < -0.4 is 4.18 Å². The Morgan fingerprint density at radius 2 is 2.05 bits per heavy atom. The van der Waals surface area contributed by atoms with E-state index in [0.29, 0.717) is 0 Å². The highest BCUT2D eigenvalue weighted by molar-refractivity contribution is 7.88. The van der Waals surface area contributed by atoms with E-state index in [9.17, 15) is 26.4 Å². The molecule has 0 amide bonds. The lowest BCUT2D eigenvalue weighted by molar-refractivity contribution is -0.0500. The van der Waals surface area contributed by atoms with Crippen LogP contribution in [0.25, 0.3) is 10.2 Å². The molecule has 12 heteroatoms. The lowest BCUT2D eigenvalue weighted by Gasteiger charge is -2.12. The van der Waals surface area contributed by atoms with E-state index in [-0.39, 0.29) is 16.8 Å². The first-order valence-corrected chi connectivity index (χ1v) is 7.86. The van der Waals surface area contributed by atoms with Crippen molar-refractivity contribution in [2.75, 3.05) is 6.61 Å². The third kappa shape index (κ3) is 2.97. The number of alkyl halides is 3. The molecular formula is C10H7F3N2O5S2. The summed E-state index contributed by atoms with van der Waals surface area (Å²) in [5.74, 6) is -1.96. The van der Waals surface area contributed by atoms with E-state index >= 15 is 0 Å². The van der Waals surface area contributed by atoms with E-state index in [1.165, 1.54) is 12.4 Å². The van der Waals surface area contributed by atoms with E-state index in [1.54, 1.807) is 0 Å². The molecule has 0 saturated carbocycles. The van der Waals surface area contributed by atoms with Crippen LogP contribution in [0.4, 0.5) is 13.2 Å². The Kier molecular flexibility index (Phi) is 4.24. The molecule has 7 nitrogen and oxygen atoms in total. The summed E-state index contributed by atoms with van der Waals surface area (Å²) in [6.07, 6.45) is 1.10. The normalized spacial score (nSPS) is 12.4. The maximum Gasteiger partial charge on any atom is 0.534 e. The highest BCUT2D eigenvalue weighted by atomic mass is 32.2. The number of carbonyl (C=O) groups is 1. The second kappa shape index (κ2) is 5.68. The molecular weight excluding hydrogens is 349 g/mol. The van der Waals surface area contributed by atoms with E-state index in [2.05, 4.69) is 18.9 Å². The summed E-state index contributed by atoms with van der Waals surface area (Å²) in [7, 11) is -5.96. The monoisotopic (exact) mass is 356 g/mol. The number of pyridine rings is 1. The molecule has 120 valence electrons. The standard InChI is InChI=1S/C10H7F3N2O5S2/c1-2-19-9(16)6-7(20-22(17,18)10(11,12)13)8-5(3-14-6)15-4-21-8/h3-4H,2H2,1H3. The van der Waals surface area contributed by atoms with Gasteiger partial charge in [-0.1, -0.05) is 0 Å². The molecule has 0 N–H and O–H groups in total. The minimum Gasteiger partial charge on any atom is -0.461 e. The highest BCUT2D eigenvalue weighted by Crippen LogP contribution is 2.35. The van der Waals surface area contributed by atoms with Gasteiger partial charge in [0.25, 0.3) is 0 Å². The van der Waals surface area contributed by atoms with Crippen LogP contribution >= 0.6 is 11.3 Å². The zero-order valence-corrected chi connectivity index (χ0v) is 12.4. The van der Waals surface area contributed by atoms with Crippen molar-refractivity contribution in [3.63, 3.8) is 0 Å². The van der Waals surface area contributed by atoms with Crippen molar-refractivity contribution in [1.82, 2.24) is 9.97 Å². The number of nitrogens with zero attached hydrogens (tertiary/aromatic N) is 2. The van der Waals surface area contributed by atoms with Crippen molar-refractivity contribution in [2.45, 2.75) is 12.4 Å². The van der Waals surface area contributed by atoms with Crippen molar-refractivity contribution in [1.29, 1.82) is 0 Å². The number of hydrogen-bond donors (Lipinski definition) is 0. The van der Waals surface area contributed by atoms with Crippen molar-refractivity contribution < 1.29 is 35.3 Å². The second-order valence-corrected chi connectivity index (χ2v) is 6.10. The van der Waals surface area contributed by atoms with E-state index in [1.807, 2.05) is 0 Å². The fourth-order valence-corrected chi connectivity index (χ4v) is 2.66. The smallest absolute Gasteiger partial charge is 0.461 e. The molecule has 0 aliphatic carbocycles. The van der Waals surface area contributed by atoms with E-state index < -0.39 is 33.0 Å². The van der Waals surface area contributed by atoms with Crippen LogP contribution in [0.5, 0.6) is 5.75 Å². The Labute approximate surface area is 125 Å². The number of hydrogen-bond acceptors (Lipinski definition) is 8. The van der Waals surface area contributed by atoms with Gasteiger partial charge in [-0.2, -0.15) is 21.6 Å². The van der Waals surface area contributed by atoms with Crippen LogP contribution in [0.3, 0.4) is 0 Å². The predicted octanol–water partition coefficient (Wildman–Crippen LogP) is 2.10. The first kappa shape index (κ1) is 16.4. The zero-order chi connectivity index (χ0) is 16.5. The SMILES string of the molecule is CCOC(=O)c1ncc2ncsc2c1OS(=O)(=O)C(F)(F)F. The minimum absolute atomic E-state index is 0.0640. The summed E-state index contributed by atoms with van der Waals surface area (Å²) in [5.41, 5.74) is -4.99. The van der Waals surface area contributed by atoms with Gasteiger partial charge in [-0.15, -0.1) is 11.3 Å². The first-order valence-electron chi connectivity index (χ1n) is 5.57. The summed E-state index contributed by atoms with van der Waals surface area (Å²) in [6.45, 7) is 1.39. The molecule has 2 aromatic rings. The van der Waals surface area contributed by atoms with Gasteiger partial charge in [0.1, 0.15) is 10.2 Å². The second-order valence-electron chi connectivity index (χ2n) is 3.71. The molecule has 2 aromatic heterocycles. The average molecular weight is 356 g/mol. The van der Waals surface area contributed by atoms with Gasteiger partial charge in [0, 0.05) is 0 Å². The molecule has 22 heavy (non-hydrogen) atoms. The van der Waals surface area contributed by atoms with Crippen LogP contribution in [0, 0.1) is 0 Å². The third-order valence-corrected chi connectivity index (χ3v) is 4.07. The molecule has 2 heterocycles. The average Bonchev–Trinajstić information content (AvgIpc) is 2.86. The topological polar surface area (TPSA) is 95.4 Å². The summed E-state index contributed by atoms with van der Waals surface area (Å²) < 4.78 is 68.4. The Balaban J connectivity index is 2.61. The molecule has 0 atom stereocenters. The van der Waals surface area contributed by atoms with Crippen LogP contribution in [-0.4, -0.2) is 36.5 Å². The summed E-state index contributed by atoms with van der Waals surface area (Å²) in [5, 5.41) is 0. The highest BCUT2D eigenvalue weighted by Gasteiger charge is 2.49. The minimum atomic E-state index is -5.96. The number of rotatable bonds is 4. The van der Waals surface area contributed by atoms with Gasteiger partial charge in [0.05, 0.1) is 18.3 Å². The Hall–Kier alpha value is -1.95. The predicted molar refractivity (Wildman–Crippen MR) is 69.0 cm³/mol. The molecule has 0 aliphatic rings. The van der Waals surface area contributed by atoms with Gasteiger partial charge >= 0.3 is 21.6 Å². The van der Waals surface area contributed by atoms with Gasteiger partial charge in [0.15, 0.2) is 11.4 Å². The molecule has 0 aliphatic heterocycles. The molecule has 0 radical (unpaired) electrons. The molecule has 0 fully saturated rings. The van der Waals surface area contributed by atoms with Crippen molar-refractivity contribution in [3.8, 4) is 5.75 Å². The van der Waals surface area contributed by atoms with E-state index in [4.69, 9.17) is 0 Å². The van der Waals surface area contributed by atoms with Crippen molar-refractivity contribution in [2.24, 2.45) is 0 Å². The largest absolute Gasteiger partial charge is 0.534 e. The molecule has 2 rings (SSSR count). The maximum atomic E-state index is 12.5. The van der Waals surface area contributed by atoms with Gasteiger partial charge in [-0.25, -0.2) is 14.8 Å². The number of carbonyl (C=O) groups excluding carboxylic acids is 1. The van der Waals surface area contributed by atoms with Gasteiger partial charge in [0.2, 0.25) is 0 Å². The van der Waals surface area contributed by atoms with E-state index in [0.717, 1.165) is 17.5 Å². The molecule has 0 bridgehead atoms. The maximum absolute atomic E-state index is 12.5. The number of aromatic nitrogens is 2. The van der Waals surface area contributed by atoms with Crippen LogP contribution in [0.15, 0.2) is 11.7 Å². The fraction of sp³-hybridized carbons (Fsp3) is 0.300. The van der Waals surface area contributed by atoms with Gasteiger partial charge < -0.3 is 8.92 Å². The van der Waals surface area contributed by atoms with Crippen LogP contribution in [0.2, 0.25) is 0 Å². The Morgan fingerprint density at radius 3 is 2.64 bits per heavy atom. The Bertz CT molecular complexity index is 816. The summed E-state index contributed by atoms with van der Waals surface area (Å²) in [6, 6.07) is 0.